The summed E-state index contributed by atoms with van der Waals surface area (Å²) in [5.41, 5.74) is 4.26. The molecule has 1 amide bonds. The molecule has 0 bridgehead atoms. The van der Waals surface area contributed by atoms with Crippen LogP contribution in [0.2, 0.25) is 0 Å². The molecule has 0 aliphatic heterocycles. The molecule has 22 heavy (non-hydrogen) atoms. The second-order valence-electron chi connectivity index (χ2n) is 6.30. The van der Waals surface area contributed by atoms with Gasteiger partial charge in [-0.25, -0.2) is 4.79 Å². The molecule has 3 N–H and O–H groups in total. The number of nitrogen functional groups attached to an aromatic ring is 1. The first kappa shape index (κ1) is 18.0. The number of aromatic nitrogens is 2. The van der Waals surface area contributed by atoms with Crippen LogP contribution < -0.4 is 21.9 Å². The van der Waals surface area contributed by atoms with E-state index in [1.165, 1.54) is 9.47 Å². The fraction of sp³-hybridized carbons (Fsp3) is 0.667. The van der Waals surface area contributed by atoms with Crippen LogP contribution in [0.1, 0.15) is 47.5 Å². The van der Waals surface area contributed by atoms with Crippen LogP contribution in [-0.4, -0.2) is 22.0 Å². The normalized spacial score (nSPS) is 11.5. The van der Waals surface area contributed by atoms with Gasteiger partial charge < -0.3 is 10.6 Å². The van der Waals surface area contributed by atoms with Gasteiger partial charge in [0.1, 0.15) is 5.82 Å². The van der Waals surface area contributed by atoms with E-state index in [1.807, 2.05) is 6.92 Å². The van der Waals surface area contributed by atoms with E-state index >= 15 is 0 Å². The molecule has 124 valence electrons. The van der Waals surface area contributed by atoms with Crippen molar-refractivity contribution in [2.24, 2.45) is 5.41 Å². The van der Waals surface area contributed by atoms with Crippen molar-refractivity contribution in [2.75, 3.05) is 17.2 Å². The van der Waals surface area contributed by atoms with E-state index in [0.29, 0.717) is 13.1 Å². The van der Waals surface area contributed by atoms with Crippen molar-refractivity contribution >= 4 is 17.4 Å². The van der Waals surface area contributed by atoms with Gasteiger partial charge in [0, 0.05) is 18.5 Å². The number of nitrogens with one attached hydrogen (secondary N) is 1. The quantitative estimate of drug-likeness (QED) is 0.856. The van der Waals surface area contributed by atoms with Crippen LogP contribution in [-0.2, 0) is 11.3 Å². The number of carbonyl (C=O) groups is 1. The largest absolute Gasteiger partial charge is 0.383 e. The Labute approximate surface area is 130 Å². The lowest BCUT2D eigenvalue weighted by Crippen LogP contribution is -2.45. The summed E-state index contributed by atoms with van der Waals surface area (Å²) in [6.45, 7) is 9.79. The zero-order valence-corrected chi connectivity index (χ0v) is 14.0. The second kappa shape index (κ2) is 6.81. The lowest BCUT2D eigenvalue weighted by atomic mass is 9.94. The maximum absolute atomic E-state index is 12.5. The molecule has 0 fully saturated rings. The van der Waals surface area contributed by atoms with Crippen molar-refractivity contribution in [1.82, 2.24) is 9.55 Å². The average molecular weight is 310 g/mol. The molecular formula is C15H26N4O3. The van der Waals surface area contributed by atoms with Crippen LogP contribution in [0.3, 0.4) is 0 Å². The zero-order chi connectivity index (χ0) is 17.1. The second-order valence-corrected chi connectivity index (χ2v) is 6.30. The Balaban J connectivity index is 3.48. The SMILES string of the molecule is CCCCn1c(N)c(N(CC)C(=O)C(C)(C)C)c(=O)[nH]c1=O. The third-order valence-corrected chi connectivity index (χ3v) is 3.42. The van der Waals surface area contributed by atoms with Crippen LogP contribution in [0, 0.1) is 5.41 Å². The summed E-state index contributed by atoms with van der Waals surface area (Å²) in [5, 5.41) is 0. The summed E-state index contributed by atoms with van der Waals surface area (Å²) >= 11 is 0. The number of H-pyrrole nitrogens is 1. The maximum atomic E-state index is 12.5. The van der Waals surface area contributed by atoms with E-state index in [-0.39, 0.29) is 17.4 Å². The monoisotopic (exact) mass is 310 g/mol. The molecule has 0 saturated heterocycles. The van der Waals surface area contributed by atoms with Crippen LogP contribution in [0.25, 0.3) is 0 Å². The van der Waals surface area contributed by atoms with Crippen molar-refractivity contribution in [3.05, 3.63) is 20.8 Å². The predicted molar refractivity (Wildman–Crippen MR) is 88.1 cm³/mol. The number of carbonyl (C=O) groups excluding carboxylic acids is 1. The van der Waals surface area contributed by atoms with Gasteiger partial charge in [0.15, 0.2) is 5.69 Å². The predicted octanol–water partition coefficient (Wildman–Crippen LogP) is 1.32. The number of nitrogens with two attached hydrogens (primary N) is 1. The summed E-state index contributed by atoms with van der Waals surface area (Å²) in [6.07, 6.45) is 1.65. The summed E-state index contributed by atoms with van der Waals surface area (Å²) in [7, 11) is 0. The molecule has 1 rings (SSSR count). The molecular weight excluding hydrogens is 284 g/mol. The first-order valence-electron chi connectivity index (χ1n) is 7.59. The highest BCUT2D eigenvalue weighted by Crippen LogP contribution is 2.24. The van der Waals surface area contributed by atoms with Crippen molar-refractivity contribution in [3.63, 3.8) is 0 Å². The first-order valence-corrected chi connectivity index (χ1v) is 7.59. The third-order valence-electron chi connectivity index (χ3n) is 3.42. The standard InChI is InChI=1S/C15H26N4O3/c1-6-8-9-19-11(16)10(12(20)17-14(19)22)18(7-2)13(21)15(3,4)5/h6-9,16H2,1-5H3,(H,17,20,22). The van der Waals surface area contributed by atoms with E-state index in [0.717, 1.165) is 12.8 Å². The van der Waals surface area contributed by atoms with Gasteiger partial charge in [-0.05, 0) is 13.3 Å². The van der Waals surface area contributed by atoms with E-state index in [4.69, 9.17) is 5.73 Å². The Morgan fingerprint density at radius 2 is 1.86 bits per heavy atom. The van der Waals surface area contributed by atoms with Gasteiger partial charge in [0.05, 0.1) is 0 Å². The Kier molecular flexibility index (Phi) is 5.57. The van der Waals surface area contributed by atoms with Gasteiger partial charge in [-0.3, -0.25) is 19.1 Å². The lowest BCUT2D eigenvalue weighted by molar-refractivity contribution is -0.125. The Bertz CT molecular complexity index is 652. The summed E-state index contributed by atoms with van der Waals surface area (Å²) in [4.78, 5) is 40.2. The fourth-order valence-corrected chi connectivity index (χ4v) is 2.18. The highest BCUT2D eigenvalue weighted by Gasteiger charge is 2.30. The molecule has 0 spiro atoms. The third kappa shape index (κ3) is 3.58. The Morgan fingerprint density at radius 1 is 1.27 bits per heavy atom. The number of unbranched alkanes of at least 4 members (excludes halogenated alkanes) is 1. The molecule has 0 saturated carbocycles. The van der Waals surface area contributed by atoms with Gasteiger partial charge in [-0.1, -0.05) is 34.1 Å². The average Bonchev–Trinajstić information content (AvgIpc) is 2.41. The van der Waals surface area contributed by atoms with Crippen molar-refractivity contribution in [3.8, 4) is 0 Å². The van der Waals surface area contributed by atoms with Crippen LogP contribution in [0.15, 0.2) is 9.59 Å². The summed E-state index contributed by atoms with van der Waals surface area (Å²) < 4.78 is 1.32. The molecule has 0 aliphatic carbocycles. The van der Waals surface area contributed by atoms with Gasteiger partial charge in [-0.15, -0.1) is 0 Å². The van der Waals surface area contributed by atoms with E-state index in [9.17, 15) is 14.4 Å². The number of hydrogen-bond acceptors (Lipinski definition) is 4. The Morgan fingerprint density at radius 3 is 2.32 bits per heavy atom. The van der Waals surface area contributed by atoms with Gasteiger partial charge in [-0.2, -0.15) is 0 Å². The summed E-state index contributed by atoms with van der Waals surface area (Å²) in [6, 6.07) is 0. The minimum absolute atomic E-state index is 0.0432. The fourth-order valence-electron chi connectivity index (χ4n) is 2.18. The first-order chi connectivity index (χ1) is 10.1. The highest BCUT2D eigenvalue weighted by atomic mass is 16.2. The van der Waals surface area contributed by atoms with Gasteiger partial charge in [0.25, 0.3) is 5.56 Å². The molecule has 0 unspecified atom stereocenters. The number of nitrogens with zero attached hydrogens (tertiary/aromatic N) is 2. The van der Waals surface area contributed by atoms with Crippen molar-refractivity contribution in [1.29, 1.82) is 0 Å². The number of rotatable bonds is 5. The van der Waals surface area contributed by atoms with Crippen molar-refractivity contribution < 1.29 is 4.79 Å². The molecule has 1 aromatic rings. The Hall–Kier alpha value is -2.05. The molecule has 7 heteroatoms. The molecule has 1 aromatic heterocycles. The molecule has 0 aliphatic rings. The van der Waals surface area contributed by atoms with Gasteiger partial charge >= 0.3 is 5.69 Å². The number of aromatic amines is 1. The highest BCUT2D eigenvalue weighted by molar-refractivity contribution is 5.98. The molecule has 7 nitrogen and oxygen atoms in total. The lowest BCUT2D eigenvalue weighted by Gasteiger charge is -2.29. The summed E-state index contributed by atoms with van der Waals surface area (Å²) in [5.74, 6) is -0.172. The molecule has 0 atom stereocenters. The minimum atomic E-state index is -0.653. The number of amides is 1. The van der Waals surface area contributed by atoms with E-state index in [2.05, 4.69) is 4.98 Å². The van der Waals surface area contributed by atoms with Crippen LogP contribution in [0.5, 0.6) is 0 Å². The van der Waals surface area contributed by atoms with E-state index in [1.54, 1.807) is 27.7 Å². The van der Waals surface area contributed by atoms with Crippen LogP contribution in [0.4, 0.5) is 11.5 Å². The topological polar surface area (TPSA) is 101 Å². The van der Waals surface area contributed by atoms with E-state index < -0.39 is 16.7 Å². The minimum Gasteiger partial charge on any atom is -0.383 e. The van der Waals surface area contributed by atoms with Gasteiger partial charge in [0.2, 0.25) is 5.91 Å². The van der Waals surface area contributed by atoms with Crippen LogP contribution >= 0.6 is 0 Å². The maximum Gasteiger partial charge on any atom is 0.330 e. The molecule has 1 heterocycles. The zero-order valence-electron chi connectivity index (χ0n) is 14.0. The molecule has 0 aromatic carbocycles. The number of anilines is 2. The van der Waals surface area contributed by atoms with Crippen molar-refractivity contribution in [2.45, 2.75) is 54.0 Å². The smallest absolute Gasteiger partial charge is 0.330 e. The molecule has 0 radical (unpaired) electrons. The number of hydrogen-bond donors (Lipinski definition) is 2.